The molecular formula is C19H15NO4. The van der Waals surface area contributed by atoms with Crippen LogP contribution in [0.3, 0.4) is 0 Å². The minimum atomic E-state index is -0.456. The van der Waals surface area contributed by atoms with Crippen molar-refractivity contribution >= 4 is 17.9 Å². The average molecular weight is 321 g/mol. The molecule has 24 heavy (non-hydrogen) atoms. The molecule has 4 rings (SSSR count). The molecule has 2 aliphatic heterocycles. The van der Waals surface area contributed by atoms with E-state index in [1.54, 1.807) is 24.3 Å². The maximum atomic E-state index is 12.1. The minimum absolute atomic E-state index is 0.198. The van der Waals surface area contributed by atoms with Gasteiger partial charge in [-0.3, -0.25) is 0 Å². The van der Waals surface area contributed by atoms with E-state index in [1.165, 1.54) is 5.56 Å². The summed E-state index contributed by atoms with van der Waals surface area (Å²) in [5.41, 5.74) is 3.12. The summed E-state index contributed by atoms with van der Waals surface area (Å²) < 4.78 is 15.9. The van der Waals surface area contributed by atoms with Gasteiger partial charge in [0.15, 0.2) is 17.2 Å². The summed E-state index contributed by atoms with van der Waals surface area (Å²) in [6.07, 6.45) is 2.70. The molecule has 2 aromatic carbocycles. The number of benzene rings is 2. The van der Waals surface area contributed by atoms with Crippen molar-refractivity contribution in [2.45, 2.75) is 13.3 Å². The number of nitrogens with zero attached hydrogens (tertiary/aromatic N) is 1. The van der Waals surface area contributed by atoms with Crippen molar-refractivity contribution in [2.24, 2.45) is 4.99 Å². The lowest BCUT2D eigenvalue weighted by Gasteiger charge is -2.01. The smallest absolute Gasteiger partial charge is 0.363 e. The third-order valence-electron chi connectivity index (χ3n) is 3.93. The average Bonchev–Trinajstić information content (AvgIpc) is 3.22. The Bertz CT molecular complexity index is 865. The Kier molecular flexibility index (Phi) is 3.54. The van der Waals surface area contributed by atoms with E-state index in [1.807, 2.05) is 24.3 Å². The van der Waals surface area contributed by atoms with Gasteiger partial charge in [-0.05, 0) is 41.8 Å². The molecular weight excluding hydrogens is 306 g/mol. The molecule has 5 nitrogen and oxygen atoms in total. The number of esters is 1. The predicted octanol–water partition coefficient (Wildman–Crippen LogP) is 3.32. The number of carbonyl (C=O) groups is 1. The van der Waals surface area contributed by atoms with Gasteiger partial charge in [0.05, 0.1) is 0 Å². The number of aliphatic imine (C=N–C) groups is 1. The molecule has 0 aromatic heterocycles. The van der Waals surface area contributed by atoms with Crippen molar-refractivity contribution in [2.75, 3.05) is 6.79 Å². The van der Waals surface area contributed by atoms with Crippen LogP contribution in [-0.2, 0) is 16.0 Å². The fourth-order valence-electron chi connectivity index (χ4n) is 2.57. The summed E-state index contributed by atoms with van der Waals surface area (Å²) in [6.45, 7) is 2.30. The molecule has 0 amide bonds. The summed E-state index contributed by atoms with van der Waals surface area (Å²) in [5.74, 6) is 1.12. The summed E-state index contributed by atoms with van der Waals surface area (Å²) in [4.78, 5) is 16.4. The first kappa shape index (κ1) is 14.5. The Hall–Kier alpha value is -3.08. The Morgan fingerprint density at radius 1 is 1.08 bits per heavy atom. The van der Waals surface area contributed by atoms with E-state index in [-0.39, 0.29) is 18.4 Å². The van der Waals surface area contributed by atoms with Crippen LogP contribution in [0.1, 0.15) is 23.6 Å². The molecule has 0 spiro atoms. The van der Waals surface area contributed by atoms with Crippen molar-refractivity contribution in [1.82, 2.24) is 0 Å². The monoisotopic (exact) mass is 321 g/mol. The van der Waals surface area contributed by atoms with Gasteiger partial charge in [-0.1, -0.05) is 31.2 Å². The van der Waals surface area contributed by atoms with E-state index in [0.717, 1.165) is 12.0 Å². The normalized spacial score (nSPS) is 17.1. The summed E-state index contributed by atoms with van der Waals surface area (Å²) >= 11 is 0. The predicted molar refractivity (Wildman–Crippen MR) is 89.0 cm³/mol. The Morgan fingerprint density at radius 3 is 2.67 bits per heavy atom. The van der Waals surface area contributed by atoms with E-state index >= 15 is 0 Å². The second-order valence-electron chi connectivity index (χ2n) is 5.50. The first-order valence-corrected chi connectivity index (χ1v) is 7.74. The second kappa shape index (κ2) is 5.85. The van der Waals surface area contributed by atoms with Gasteiger partial charge in [-0.2, -0.15) is 0 Å². The Balaban J connectivity index is 1.63. The molecule has 0 fully saturated rings. The van der Waals surface area contributed by atoms with Gasteiger partial charge in [0.2, 0.25) is 12.7 Å². The topological polar surface area (TPSA) is 57.1 Å². The molecule has 2 aromatic rings. The van der Waals surface area contributed by atoms with Crippen molar-refractivity contribution in [3.63, 3.8) is 0 Å². The molecule has 0 saturated heterocycles. The number of hydrogen-bond donors (Lipinski definition) is 0. The third-order valence-corrected chi connectivity index (χ3v) is 3.93. The first-order chi connectivity index (χ1) is 11.7. The molecule has 0 saturated carbocycles. The largest absolute Gasteiger partial charge is 0.454 e. The fourth-order valence-corrected chi connectivity index (χ4v) is 2.57. The number of rotatable bonds is 3. The van der Waals surface area contributed by atoms with E-state index in [2.05, 4.69) is 11.9 Å². The van der Waals surface area contributed by atoms with Crippen LogP contribution in [0.5, 0.6) is 11.5 Å². The number of cyclic esters (lactones) is 1. The van der Waals surface area contributed by atoms with Crippen LogP contribution in [-0.4, -0.2) is 18.7 Å². The molecule has 0 bridgehead atoms. The molecule has 0 N–H and O–H groups in total. The number of carbonyl (C=O) groups excluding carboxylic acids is 1. The Labute approximate surface area is 139 Å². The van der Waals surface area contributed by atoms with Crippen LogP contribution in [0.25, 0.3) is 6.08 Å². The van der Waals surface area contributed by atoms with Gasteiger partial charge in [0.25, 0.3) is 0 Å². The molecule has 2 heterocycles. The molecule has 0 aliphatic carbocycles. The summed E-state index contributed by atoms with van der Waals surface area (Å²) in [6, 6.07) is 13.3. The lowest BCUT2D eigenvalue weighted by atomic mass is 10.1. The van der Waals surface area contributed by atoms with Gasteiger partial charge >= 0.3 is 5.97 Å². The molecule has 120 valence electrons. The SMILES string of the molecule is CCc1ccc(C=C2N=C(c3ccc4c(c3)OCO4)OC2=O)cc1. The molecule has 0 atom stereocenters. The zero-order valence-electron chi connectivity index (χ0n) is 13.1. The van der Waals surface area contributed by atoms with Crippen LogP contribution in [0, 0.1) is 0 Å². The van der Waals surface area contributed by atoms with Crippen LogP contribution in [0.2, 0.25) is 0 Å². The number of fused-ring (bicyclic) bond motifs is 1. The standard InChI is InChI=1S/C19H15NO4/c1-2-12-3-5-13(6-4-12)9-15-19(21)24-18(20-15)14-7-8-16-17(10-14)23-11-22-16/h3-10H,2,11H2,1H3. The quantitative estimate of drug-likeness (QED) is 0.643. The molecule has 2 aliphatic rings. The zero-order valence-corrected chi connectivity index (χ0v) is 13.1. The fraction of sp³-hybridized carbons (Fsp3) is 0.158. The molecule has 5 heteroatoms. The maximum Gasteiger partial charge on any atom is 0.363 e. The van der Waals surface area contributed by atoms with E-state index < -0.39 is 5.97 Å². The van der Waals surface area contributed by atoms with Gasteiger partial charge in [-0.25, -0.2) is 9.79 Å². The van der Waals surface area contributed by atoms with Gasteiger partial charge in [0, 0.05) is 5.56 Å². The second-order valence-corrected chi connectivity index (χ2v) is 5.50. The zero-order chi connectivity index (χ0) is 16.5. The summed E-state index contributed by atoms with van der Waals surface area (Å²) in [5, 5.41) is 0. The lowest BCUT2D eigenvalue weighted by Crippen LogP contribution is -2.05. The van der Waals surface area contributed by atoms with Crippen molar-refractivity contribution in [3.8, 4) is 11.5 Å². The van der Waals surface area contributed by atoms with Crippen LogP contribution in [0.4, 0.5) is 0 Å². The van der Waals surface area contributed by atoms with Crippen LogP contribution in [0.15, 0.2) is 53.2 Å². The number of ether oxygens (including phenoxy) is 3. The highest BCUT2D eigenvalue weighted by atomic mass is 16.7. The van der Waals surface area contributed by atoms with Gasteiger partial charge < -0.3 is 14.2 Å². The highest BCUT2D eigenvalue weighted by Crippen LogP contribution is 2.33. The summed E-state index contributed by atoms with van der Waals surface area (Å²) in [7, 11) is 0. The van der Waals surface area contributed by atoms with Crippen molar-refractivity contribution in [3.05, 3.63) is 64.9 Å². The Morgan fingerprint density at radius 2 is 1.88 bits per heavy atom. The highest BCUT2D eigenvalue weighted by molar-refractivity contribution is 6.13. The van der Waals surface area contributed by atoms with E-state index in [4.69, 9.17) is 14.2 Å². The molecule has 0 unspecified atom stereocenters. The van der Waals surface area contributed by atoms with Crippen molar-refractivity contribution in [1.29, 1.82) is 0 Å². The number of hydrogen-bond acceptors (Lipinski definition) is 5. The first-order valence-electron chi connectivity index (χ1n) is 7.74. The minimum Gasteiger partial charge on any atom is -0.454 e. The molecule has 0 radical (unpaired) electrons. The van der Waals surface area contributed by atoms with Gasteiger partial charge in [0.1, 0.15) is 0 Å². The number of aryl methyl sites for hydroxylation is 1. The maximum absolute atomic E-state index is 12.1. The van der Waals surface area contributed by atoms with Crippen LogP contribution < -0.4 is 9.47 Å². The van der Waals surface area contributed by atoms with Gasteiger partial charge in [-0.15, -0.1) is 0 Å². The lowest BCUT2D eigenvalue weighted by molar-refractivity contribution is -0.129. The van der Waals surface area contributed by atoms with E-state index in [9.17, 15) is 4.79 Å². The highest BCUT2D eigenvalue weighted by Gasteiger charge is 2.25. The van der Waals surface area contributed by atoms with E-state index in [0.29, 0.717) is 17.1 Å². The third kappa shape index (κ3) is 2.65. The van der Waals surface area contributed by atoms with Crippen molar-refractivity contribution < 1.29 is 19.0 Å². The van der Waals surface area contributed by atoms with Crippen LogP contribution >= 0.6 is 0 Å².